The van der Waals surface area contributed by atoms with Gasteiger partial charge in [-0.1, -0.05) is 0 Å². The molecule has 1 atom stereocenters. The van der Waals surface area contributed by atoms with E-state index in [4.69, 9.17) is 14.9 Å². The Balaban J connectivity index is 2.05. The van der Waals surface area contributed by atoms with Crippen molar-refractivity contribution in [3.8, 4) is 0 Å². The van der Waals surface area contributed by atoms with Crippen LogP contribution in [0.4, 0.5) is 0 Å². The van der Waals surface area contributed by atoms with Gasteiger partial charge in [0.05, 0.1) is 0 Å². The van der Waals surface area contributed by atoms with Gasteiger partial charge in [-0.05, 0) is 32.7 Å². The second kappa shape index (κ2) is 4.28. The first-order valence-corrected chi connectivity index (χ1v) is 5.41. The van der Waals surface area contributed by atoms with Crippen molar-refractivity contribution >= 4 is 0 Å². The molecule has 15 heavy (non-hydrogen) atoms. The van der Waals surface area contributed by atoms with Crippen molar-refractivity contribution < 1.29 is 9.15 Å². The van der Waals surface area contributed by atoms with Crippen molar-refractivity contribution in [1.29, 1.82) is 0 Å². The summed E-state index contributed by atoms with van der Waals surface area (Å²) in [7, 11) is 0. The number of nitrogens with zero attached hydrogens (tertiary/aromatic N) is 2. The number of aryl methyl sites for hydroxylation is 1. The lowest BCUT2D eigenvalue weighted by molar-refractivity contribution is -0.00614. The van der Waals surface area contributed by atoms with Crippen LogP contribution < -0.4 is 5.73 Å². The SMILES string of the molecule is CC1(c2nnc(CCCN)o2)CCCO1. The zero-order valence-corrected chi connectivity index (χ0v) is 9.03. The molecule has 0 aromatic carbocycles. The molecule has 5 heteroatoms. The molecule has 0 bridgehead atoms. The van der Waals surface area contributed by atoms with E-state index < -0.39 is 0 Å². The number of ether oxygens (including phenoxy) is 1. The molecule has 2 N–H and O–H groups in total. The van der Waals surface area contributed by atoms with E-state index in [1.54, 1.807) is 0 Å². The van der Waals surface area contributed by atoms with Gasteiger partial charge in [0.2, 0.25) is 11.8 Å². The molecule has 0 aliphatic carbocycles. The summed E-state index contributed by atoms with van der Waals surface area (Å²) in [5.74, 6) is 1.26. The van der Waals surface area contributed by atoms with E-state index in [2.05, 4.69) is 10.2 Å². The molecule has 1 aliphatic rings. The third-order valence-corrected chi connectivity index (χ3v) is 2.73. The Morgan fingerprint density at radius 2 is 2.33 bits per heavy atom. The lowest BCUT2D eigenvalue weighted by atomic mass is 10.0. The smallest absolute Gasteiger partial charge is 0.247 e. The van der Waals surface area contributed by atoms with Crippen LogP contribution in [0.5, 0.6) is 0 Å². The lowest BCUT2D eigenvalue weighted by Gasteiger charge is -2.17. The van der Waals surface area contributed by atoms with Crippen LogP contribution in [0.25, 0.3) is 0 Å². The zero-order valence-electron chi connectivity index (χ0n) is 9.03. The Morgan fingerprint density at radius 1 is 1.47 bits per heavy atom. The normalized spacial score (nSPS) is 26.0. The van der Waals surface area contributed by atoms with Crippen molar-refractivity contribution in [3.05, 3.63) is 11.8 Å². The molecule has 0 spiro atoms. The van der Waals surface area contributed by atoms with Gasteiger partial charge in [-0.15, -0.1) is 10.2 Å². The molecule has 1 aromatic rings. The highest BCUT2D eigenvalue weighted by Gasteiger charge is 2.37. The summed E-state index contributed by atoms with van der Waals surface area (Å²) in [6.45, 7) is 3.42. The Labute approximate surface area is 89.0 Å². The summed E-state index contributed by atoms with van der Waals surface area (Å²) >= 11 is 0. The van der Waals surface area contributed by atoms with Crippen LogP contribution in [0, 0.1) is 0 Å². The Bertz CT molecular complexity index is 318. The van der Waals surface area contributed by atoms with Gasteiger partial charge >= 0.3 is 0 Å². The fourth-order valence-electron chi connectivity index (χ4n) is 1.77. The largest absolute Gasteiger partial charge is 0.422 e. The molecule has 0 amide bonds. The predicted molar refractivity (Wildman–Crippen MR) is 54.2 cm³/mol. The molecule has 1 aromatic heterocycles. The average molecular weight is 211 g/mol. The second-order valence-corrected chi connectivity index (χ2v) is 4.08. The fourth-order valence-corrected chi connectivity index (χ4v) is 1.77. The van der Waals surface area contributed by atoms with Crippen LogP contribution in [0.3, 0.4) is 0 Å². The van der Waals surface area contributed by atoms with E-state index in [9.17, 15) is 0 Å². The lowest BCUT2D eigenvalue weighted by Crippen LogP contribution is -2.20. The van der Waals surface area contributed by atoms with Gasteiger partial charge in [0.25, 0.3) is 0 Å². The highest BCUT2D eigenvalue weighted by Crippen LogP contribution is 2.34. The number of hydrogen-bond acceptors (Lipinski definition) is 5. The molecular formula is C10H17N3O2. The summed E-state index contributed by atoms with van der Waals surface area (Å²) in [5, 5.41) is 8.03. The van der Waals surface area contributed by atoms with Crippen molar-refractivity contribution in [2.45, 2.75) is 38.2 Å². The first-order chi connectivity index (χ1) is 7.24. The van der Waals surface area contributed by atoms with Gasteiger partial charge in [0.1, 0.15) is 5.60 Å². The summed E-state index contributed by atoms with van der Waals surface area (Å²) in [6.07, 6.45) is 3.63. The van der Waals surface area contributed by atoms with Crippen molar-refractivity contribution in [3.63, 3.8) is 0 Å². The molecule has 0 radical (unpaired) electrons. The number of nitrogens with two attached hydrogens (primary N) is 1. The van der Waals surface area contributed by atoms with Crippen LogP contribution in [0.2, 0.25) is 0 Å². The number of aromatic nitrogens is 2. The summed E-state index contributed by atoms with van der Waals surface area (Å²) in [4.78, 5) is 0. The molecule has 5 nitrogen and oxygen atoms in total. The number of rotatable bonds is 4. The van der Waals surface area contributed by atoms with Gasteiger partial charge in [-0.3, -0.25) is 0 Å². The Kier molecular flexibility index (Phi) is 3.02. The molecule has 2 rings (SSSR count). The quantitative estimate of drug-likeness (QED) is 0.803. The minimum Gasteiger partial charge on any atom is -0.422 e. The first kappa shape index (κ1) is 10.6. The van der Waals surface area contributed by atoms with Crippen LogP contribution in [-0.2, 0) is 16.8 Å². The third kappa shape index (κ3) is 2.18. The van der Waals surface area contributed by atoms with Gasteiger partial charge in [0, 0.05) is 13.0 Å². The van der Waals surface area contributed by atoms with E-state index in [-0.39, 0.29) is 5.60 Å². The maximum Gasteiger partial charge on any atom is 0.247 e. The highest BCUT2D eigenvalue weighted by atomic mass is 16.5. The van der Waals surface area contributed by atoms with Crippen molar-refractivity contribution in [2.75, 3.05) is 13.2 Å². The maximum atomic E-state index is 5.62. The van der Waals surface area contributed by atoms with Crippen LogP contribution in [0.1, 0.15) is 38.0 Å². The van der Waals surface area contributed by atoms with Crippen LogP contribution >= 0.6 is 0 Å². The molecule has 1 saturated heterocycles. The Morgan fingerprint density at radius 3 is 3.00 bits per heavy atom. The first-order valence-electron chi connectivity index (χ1n) is 5.41. The fraction of sp³-hybridized carbons (Fsp3) is 0.800. The van der Waals surface area contributed by atoms with Gasteiger partial charge in [0.15, 0.2) is 0 Å². The van der Waals surface area contributed by atoms with E-state index in [0.717, 1.165) is 32.3 Å². The van der Waals surface area contributed by atoms with Crippen molar-refractivity contribution in [1.82, 2.24) is 10.2 Å². The minimum atomic E-state index is -0.367. The highest BCUT2D eigenvalue weighted by molar-refractivity contribution is 4.98. The molecule has 1 aliphatic heterocycles. The van der Waals surface area contributed by atoms with Gasteiger partial charge in [-0.25, -0.2) is 0 Å². The van der Waals surface area contributed by atoms with E-state index in [1.807, 2.05) is 6.92 Å². The monoisotopic (exact) mass is 211 g/mol. The van der Waals surface area contributed by atoms with E-state index >= 15 is 0 Å². The van der Waals surface area contributed by atoms with Crippen LogP contribution in [-0.4, -0.2) is 23.3 Å². The maximum absolute atomic E-state index is 5.62. The molecule has 84 valence electrons. The topological polar surface area (TPSA) is 74.2 Å². The standard InChI is InChI=1S/C10H17N3O2/c1-10(5-3-7-14-10)9-13-12-8(15-9)4-2-6-11/h2-7,11H2,1H3. The van der Waals surface area contributed by atoms with E-state index in [1.165, 1.54) is 0 Å². The number of hydrogen-bond donors (Lipinski definition) is 1. The van der Waals surface area contributed by atoms with Gasteiger partial charge < -0.3 is 14.9 Å². The summed E-state index contributed by atoms with van der Waals surface area (Å²) < 4.78 is 11.2. The molecule has 2 heterocycles. The minimum absolute atomic E-state index is 0.367. The zero-order chi connectivity index (χ0) is 10.7. The predicted octanol–water partition coefficient (Wildman–Crippen LogP) is 0.986. The summed E-state index contributed by atoms with van der Waals surface area (Å²) in [5.41, 5.74) is 5.05. The summed E-state index contributed by atoms with van der Waals surface area (Å²) in [6, 6.07) is 0. The van der Waals surface area contributed by atoms with Crippen LogP contribution in [0.15, 0.2) is 4.42 Å². The van der Waals surface area contributed by atoms with Gasteiger partial charge in [-0.2, -0.15) is 0 Å². The molecule has 1 fully saturated rings. The molecule has 1 unspecified atom stereocenters. The molecule has 0 saturated carbocycles. The Hall–Kier alpha value is -0.940. The third-order valence-electron chi connectivity index (χ3n) is 2.73. The van der Waals surface area contributed by atoms with E-state index in [0.29, 0.717) is 18.3 Å². The second-order valence-electron chi connectivity index (χ2n) is 4.08. The van der Waals surface area contributed by atoms with Crippen molar-refractivity contribution in [2.24, 2.45) is 5.73 Å². The molecular weight excluding hydrogens is 194 g/mol. The average Bonchev–Trinajstić information content (AvgIpc) is 2.84.